The summed E-state index contributed by atoms with van der Waals surface area (Å²) in [5.41, 5.74) is 2.66. The van der Waals surface area contributed by atoms with Crippen LogP contribution in [-0.4, -0.2) is 41.1 Å². The smallest absolute Gasteiger partial charge is 0.229 e. The molecule has 1 saturated heterocycles. The van der Waals surface area contributed by atoms with Gasteiger partial charge < -0.3 is 15.0 Å². The van der Waals surface area contributed by atoms with Gasteiger partial charge in [0, 0.05) is 37.2 Å². The normalized spacial score (nSPS) is 16.8. The van der Waals surface area contributed by atoms with Gasteiger partial charge in [0.1, 0.15) is 5.52 Å². The fourth-order valence-electron chi connectivity index (χ4n) is 3.43. The lowest BCUT2D eigenvalue weighted by atomic mass is 9.96. The highest BCUT2D eigenvalue weighted by atomic mass is 19.1. The summed E-state index contributed by atoms with van der Waals surface area (Å²) in [5, 5.41) is 2.81. The molecule has 8 heteroatoms. The lowest BCUT2D eigenvalue weighted by Crippen LogP contribution is -2.40. The molecule has 4 rings (SSSR count). The fraction of sp³-hybridized carbons (Fsp3) is 0.300. The summed E-state index contributed by atoms with van der Waals surface area (Å²) in [6.07, 6.45) is 6.66. The van der Waals surface area contributed by atoms with Crippen molar-refractivity contribution in [2.75, 3.05) is 30.4 Å². The van der Waals surface area contributed by atoms with Crippen LogP contribution in [0.2, 0.25) is 0 Å². The van der Waals surface area contributed by atoms with Crippen molar-refractivity contribution in [1.29, 1.82) is 0 Å². The highest BCUT2D eigenvalue weighted by Crippen LogP contribution is 2.26. The van der Waals surface area contributed by atoms with Gasteiger partial charge in [-0.1, -0.05) is 0 Å². The third-order valence-corrected chi connectivity index (χ3v) is 4.89. The van der Waals surface area contributed by atoms with E-state index in [9.17, 15) is 9.18 Å². The largest absolute Gasteiger partial charge is 0.494 e. The molecule has 144 valence electrons. The molecule has 0 aliphatic carbocycles. The Morgan fingerprint density at radius 3 is 2.93 bits per heavy atom. The molecule has 7 nitrogen and oxygen atoms in total. The van der Waals surface area contributed by atoms with Crippen molar-refractivity contribution in [2.24, 2.45) is 5.92 Å². The number of methoxy groups -OCH3 is 1. The van der Waals surface area contributed by atoms with Gasteiger partial charge in [0.15, 0.2) is 17.2 Å². The maximum atomic E-state index is 13.9. The molecule has 2 aromatic heterocycles. The maximum Gasteiger partial charge on any atom is 0.229 e. The number of halogens is 1. The topological polar surface area (TPSA) is 80.2 Å². The molecule has 28 heavy (non-hydrogen) atoms. The zero-order chi connectivity index (χ0) is 19.5. The second kappa shape index (κ2) is 7.75. The van der Waals surface area contributed by atoms with Crippen LogP contribution in [0.15, 0.2) is 42.9 Å². The second-order valence-corrected chi connectivity index (χ2v) is 6.72. The highest BCUT2D eigenvalue weighted by Gasteiger charge is 2.26. The Kier molecular flexibility index (Phi) is 5.01. The van der Waals surface area contributed by atoms with E-state index < -0.39 is 5.82 Å². The van der Waals surface area contributed by atoms with E-state index in [-0.39, 0.29) is 17.6 Å². The summed E-state index contributed by atoms with van der Waals surface area (Å²) in [5.74, 6) is -0.679. The molecule has 3 heterocycles. The minimum atomic E-state index is -0.506. The summed E-state index contributed by atoms with van der Waals surface area (Å²) in [4.78, 5) is 27.6. The third-order valence-electron chi connectivity index (χ3n) is 4.89. The lowest BCUT2D eigenvalue weighted by Gasteiger charge is -2.33. The first-order chi connectivity index (χ1) is 13.6. The number of carbonyl (C=O) groups is 1. The molecular weight excluding hydrogens is 361 g/mol. The first kappa shape index (κ1) is 18.1. The Labute approximate surface area is 161 Å². The molecule has 1 fully saturated rings. The number of pyridine rings is 1. The average Bonchev–Trinajstić information content (AvgIpc) is 2.73. The zero-order valence-corrected chi connectivity index (χ0v) is 15.4. The number of fused-ring (bicyclic) bond motifs is 1. The van der Waals surface area contributed by atoms with Crippen molar-refractivity contribution in [3.8, 4) is 5.75 Å². The molecule has 1 N–H and O–H groups in total. The zero-order valence-electron chi connectivity index (χ0n) is 15.4. The number of benzene rings is 1. The molecule has 0 bridgehead atoms. The Bertz CT molecular complexity index is 1010. The van der Waals surface area contributed by atoms with E-state index in [0.29, 0.717) is 17.9 Å². The van der Waals surface area contributed by atoms with Gasteiger partial charge in [-0.15, -0.1) is 0 Å². The third kappa shape index (κ3) is 3.71. The number of anilines is 2. The van der Waals surface area contributed by atoms with E-state index in [2.05, 4.69) is 25.2 Å². The van der Waals surface area contributed by atoms with E-state index in [1.807, 2.05) is 6.07 Å². The van der Waals surface area contributed by atoms with Crippen molar-refractivity contribution < 1.29 is 13.9 Å². The monoisotopic (exact) mass is 381 g/mol. The Morgan fingerprint density at radius 1 is 1.25 bits per heavy atom. The van der Waals surface area contributed by atoms with E-state index in [4.69, 9.17) is 4.74 Å². The van der Waals surface area contributed by atoms with Crippen LogP contribution in [0.4, 0.5) is 15.8 Å². The van der Waals surface area contributed by atoms with Crippen molar-refractivity contribution >= 4 is 28.4 Å². The number of rotatable bonds is 4. The van der Waals surface area contributed by atoms with Gasteiger partial charge >= 0.3 is 0 Å². The first-order valence-electron chi connectivity index (χ1n) is 9.10. The predicted molar refractivity (Wildman–Crippen MR) is 104 cm³/mol. The van der Waals surface area contributed by atoms with Crippen LogP contribution < -0.4 is 15.0 Å². The Hall–Kier alpha value is -3.29. The van der Waals surface area contributed by atoms with Gasteiger partial charge in [-0.25, -0.2) is 14.4 Å². The summed E-state index contributed by atoms with van der Waals surface area (Å²) in [7, 11) is 1.40. The molecule has 1 atom stereocenters. The van der Waals surface area contributed by atoms with E-state index in [1.54, 1.807) is 24.7 Å². The molecule has 1 aliphatic heterocycles. The molecule has 1 amide bonds. The number of piperidine rings is 1. The molecule has 0 saturated carbocycles. The molecule has 0 radical (unpaired) electrons. The van der Waals surface area contributed by atoms with E-state index >= 15 is 0 Å². The van der Waals surface area contributed by atoms with Crippen molar-refractivity contribution in [1.82, 2.24) is 15.0 Å². The number of hydrogen-bond donors (Lipinski definition) is 1. The molecule has 0 unspecified atom stereocenters. The van der Waals surface area contributed by atoms with Crippen LogP contribution in [0.25, 0.3) is 11.2 Å². The number of nitrogens with one attached hydrogen (secondary N) is 1. The van der Waals surface area contributed by atoms with Crippen molar-refractivity contribution in [2.45, 2.75) is 12.8 Å². The van der Waals surface area contributed by atoms with E-state index in [1.165, 1.54) is 19.2 Å². The summed E-state index contributed by atoms with van der Waals surface area (Å²) in [6, 6.07) is 6.34. The SMILES string of the molecule is COc1ccc(NC(=O)[C@H]2CCCN(c3cnc4nccnc4c3)C2)cc1F. The van der Waals surface area contributed by atoms with Crippen molar-refractivity contribution in [3.05, 3.63) is 48.7 Å². The minimum absolute atomic E-state index is 0.122. The first-order valence-corrected chi connectivity index (χ1v) is 9.10. The fourth-order valence-corrected chi connectivity index (χ4v) is 3.43. The number of nitrogens with zero attached hydrogens (tertiary/aromatic N) is 4. The van der Waals surface area contributed by atoms with Crippen LogP contribution >= 0.6 is 0 Å². The van der Waals surface area contributed by atoms with Crippen LogP contribution in [-0.2, 0) is 4.79 Å². The number of hydrogen-bond acceptors (Lipinski definition) is 6. The second-order valence-electron chi connectivity index (χ2n) is 6.72. The van der Waals surface area contributed by atoms with Crippen molar-refractivity contribution in [3.63, 3.8) is 0 Å². The van der Waals surface area contributed by atoms with Gasteiger partial charge in [-0.3, -0.25) is 9.78 Å². The number of aromatic nitrogens is 3. The van der Waals surface area contributed by atoms with Gasteiger partial charge in [0.2, 0.25) is 5.91 Å². The summed E-state index contributed by atoms with van der Waals surface area (Å²) < 4.78 is 18.8. The molecule has 1 aliphatic rings. The highest BCUT2D eigenvalue weighted by molar-refractivity contribution is 5.93. The quantitative estimate of drug-likeness (QED) is 0.748. The van der Waals surface area contributed by atoms with Gasteiger partial charge in [0.05, 0.1) is 24.9 Å². The molecular formula is C20H20FN5O2. The van der Waals surface area contributed by atoms with E-state index in [0.717, 1.165) is 30.6 Å². The summed E-state index contributed by atoms with van der Waals surface area (Å²) in [6.45, 7) is 1.41. The van der Waals surface area contributed by atoms with Gasteiger partial charge in [-0.2, -0.15) is 0 Å². The number of carbonyl (C=O) groups excluding carboxylic acids is 1. The number of amides is 1. The minimum Gasteiger partial charge on any atom is -0.494 e. The predicted octanol–water partition coefficient (Wildman–Crippen LogP) is 3.03. The molecule has 0 spiro atoms. The van der Waals surface area contributed by atoms with Crippen LogP contribution in [0.5, 0.6) is 5.75 Å². The van der Waals surface area contributed by atoms with Gasteiger partial charge in [-0.05, 0) is 31.0 Å². The van der Waals surface area contributed by atoms with Gasteiger partial charge in [0.25, 0.3) is 0 Å². The molecule has 3 aromatic rings. The summed E-state index contributed by atoms with van der Waals surface area (Å²) >= 11 is 0. The standard InChI is InChI=1S/C20H20FN5O2/c1-28-18-5-4-14(9-16(18)21)25-20(27)13-3-2-8-26(12-13)15-10-17-19(24-11-15)23-7-6-22-17/h4-7,9-11,13H,2-3,8,12H2,1H3,(H,25,27)/t13-/m0/s1. The number of ether oxygens (including phenoxy) is 1. The average molecular weight is 381 g/mol. The van der Waals surface area contributed by atoms with Crippen LogP contribution in [0, 0.1) is 11.7 Å². The Morgan fingerprint density at radius 2 is 2.11 bits per heavy atom. The Balaban J connectivity index is 1.46. The van der Waals surface area contributed by atoms with Crippen LogP contribution in [0.1, 0.15) is 12.8 Å². The lowest BCUT2D eigenvalue weighted by molar-refractivity contribution is -0.120. The maximum absolute atomic E-state index is 13.9. The van der Waals surface area contributed by atoms with Crippen LogP contribution in [0.3, 0.4) is 0 Å². The molecule has 1 aromatic carbocycles.